The standard InChI is InChI=1S/C17H27N7O2S/c1-4-10-24(11-5-2)17-15(16(18)22-23-17)21-20-13-8-7-9-14(12-13)27(25,26)19-6-3/h7-9,12,19H,4-6,10-11H2,1-3H3,(H3,18,22,23). The molecule has 0 unspecified atom stereocenters. The molecule has 0 atom stereocenters. The summed E-state index contributed by atoms with van der Waals surface area (Å²) in [5.74, 6) is 0.971. The Morgan fingerprint density at radius 3 is 2.52 bits per heavy atom. The molecule has 0 aliphatic heterocycles. The lowest BCUT2D eigenvalue weighted by Crippen LogP contribution is -2.25. The van der Waals surface area contributed by atoms with Crippen molar-refractivity contribution in [1.29, 1.82) is 0 Å². The van der Waals surface area contributed by atoms with Crippen LogP contribution in [0.5, 0.6) is 0 Å². The zero-order valence-electron chi connectivity index (χ0n) is 15.9. The van der Waals surface area contributed by atoms with Crippen molar-refractivity contribution in [1.82, 2.24) is 14.9 Å². The van der Waals surface area contributed by atoms with Gasteiger partial charge < -0.3 is 10.6 Å². The van der Waals surface area contributed by atoms with Gasteiger partial charge in [0.1, 0.15) is 5.82 Å². The molecule has 0 radical (unpaired) electrons. The number of hydrogen-bond acceptors (Lipinski definition) is 7. The molecule has 0 aliphatic rings. The van der Waals surface area contributed by atoms with Crippen LogP contribution in [0.4, 0.5) is 23.0 Å². The molecule has 0 spiro atoms. The van der Waals surface area contributed by atoms with Gasteiger partial charge in [-0.25, -0.2) is 13.1 Å². The number of aromatic amines is 1. The highest BCUT2D eigenvalue weighted by Crippen LogP contribution is 2.33. The van der Waals surface area contributed by atoms with Crippen LogP contribution >= 0.6 is 0 Å². The number of benzene rings is 1. The molecule has 0 saturated carbocycles. The van der Waals surface area contributed by atoms with E-state index in [1.54, 1.807) is 19.1 Å². The van der Waals surface area contributed by atoms with Gasteiger partial charge in [-0.05, 0) is 31.0 Å². The van der Waals surface area contributed by atoms with Crippen molar-refractivity contribution in [3.05, 3.63) is 24.3 Å². The molecule has 9 nitrogen and oxygen atoms in total. The number of nitrogen functional groups attached to an aromatic ring is 1. The zero-order valence-corrected chi connectivity index (χ0v) is 16.8. The third-order valence-corrected chi connectivity index (χ3v) is 5.31. The highest BCUT2D eigenvalue weighted by atomic mass is 32.2. The van der Waals surface area contributed by atoms with Crippen molar-refractivity contribution in [2.45, 2.75) is 38.5 Å². The molecule has 0 amide bonds. The van der Waals surface area contributed by atoms with Crippen LogP contribution in [0.2, 0.25) is 0 Å². The predicted octanol–water partition coefficient (Wildman–Crippen LogP) is 3.33. The van der Waals surface area contributed by atoms with Crippen LogP contribution in [0.15, 0.2) is 39.4 Å². The van der Waals surface area contributed by atoms with E-state index in [9.17, 15) is 8.42 Å². The second-order valence-electron chi connectivity index (χ2n) is 6.00. The summed E-state index contributed by atoms with van der Waals surface area (Å²) in [6.07, 6.45) is 1.93. The Bertz CT molecular complexity index is 871. The first-order valence-corrected chi connectivity index (χ1v) is 10.5. The molecule has 2 rings (SSSR count). The summed E-state index contributed by atoms with van der Waals surface area (Å²) < 4.78 is 26.7. The summed E-state index contributed by atoms with van der Waals surface area (Å²) in [4.78, 5) is 2.24. The fourth-order valence-electron chi connectivity index (χ4n) is 2.62. The van der Waals surface area contributed by atoms with E-state index in [-0.39, 0.29) is 4.90 Å². The van der Waals surface area contributed by atoms with Crippen LogP contribution in [0.1, 0.15) is 33.6 Å². The maximum Gasteiger partial charge on any atom is 0.240 e. The van der Waals surface area contributed by atoms with Crippen molar-refractivity contribution < 1.29 is 8.42 Å². The molecular weight excluding hydrogens is 366 g/mol. The van der Waals surface area contributed by atoms with Crippen LogP contribution in [0, 0.1) is 0 Å². The topological polar surface area (TPSA) is 129 Å². The molecule has 1 heterocycles. The van der Waals surface area contributed by atoms with Crippen molar-refractivity contribution in [2.24, 2.45) is 10.2 Å². The fourth-order valence-corrected chi connectivity index (χ4v) is 3.70. The van der Waals surface area contributed by atoms with Gasteiger partial charge in [0.25, 0.3) is 0 Å². The van der Waals surface area contributed by atoms with Crippen LogP contribution < -0.4 is 15.4 Å². The number of nitrogens with two attached hydrogens (primary N) is 1. The Kier molecular flexibility index (Phi) is 7.31. The van der Waals surface area contributed by atoms with Crippen molar-refractivity contribution in [3.63, 3.8) is 0 Å². The lowest BCUT2D eigenvalue weighted by molar-refractivity contribution is 0.584. The normalized spacial score (nSPS) is 12.0. The highest BCUT2D eigenvalue weighted by Gasteiger charge is 2.17. The molecule has 0 fully saturated rings. The highest BCUT2D eigenvalue weighted by molar-refractivity contribution is 7.89. The van der Waals surface area contributed by atoms with E-state index in [4.69, 9.17) is 5.73 Å². The molecule has 27 heavy (non-hydrogen) atoms. The Labute approximate surface area is 160 Å². The van der Waals surface area contributed by atoms with E-state index >= 15 is 0 Å². The van der Waals surface area contributed by atoms with E-state index < -0.39 is 10.0 Å². The summed E-state index contributed by atoms with van der Waals surface area (Å²) in [5, 5.41) is 15.4. The Morgan fingerprint density at radius 1 is 1.19 bits per heavy atom. The van der Waals surface area contributed by atoms with Crippen molar-refractivity contribution in [2.75, 3.05) is 30.3 Å². The molecule has 0 saturated heterocycles. The molecule has 0 aliphatic carbocycles. The summed E-state index contributed by atoms with van der Waals surface area (Å²) in [6.45, 7) is 7.89. The maximum atomic E-state index is 12.1. The minimum absolute atomic E-state index is 0.139. The van der Waals surface area contributed by atoms with Gasteiger partial charge in [-0.2, -0.15) is 10.2 Å². The lowest BCUT2D eigenvalue weighted by atomic mass is 10.3. The Hall–Kier alpha value is -2.46. The fraction of sp³-hybridized carbons (Fsp3) is 0.471. The summed E-state index contributed by atoms with van der Waals surface area (Å²) in [6, 6.07) is 6.28. The molecule has 2 aromatic rings. The molecule has 10 heteroatoms. The van der Waals surface area contributed by atoms with Gasteiger partial charge >= 0.3 is 0 Å². The van der Waals surface area contributed by atoms with Gasteiger partial charge in [-0.3, -0.25) is 5.10 Å². The van der Waals surface area contributed by atoms with Gasteiger partial charge in [0.05, 0.1) is 10.6 Å². The largest absolute Gasteiger partial charge is 0.382 e. The Balaban J connectivity index is 2.33. The quantitative estimate of drug-likeness (QED) is 0.533. The van der Waals surface area contributed by atoms with Crippen LogP contribution in [-0.2, 0) is 10.0 Å². The summed E-state index contributed by atoms with van der Waals surface area (Å²) in [5.41, 5.74) is 6.84. The predicted molar refractivity (Wildman–Crippen MR) is 107 cm³/mol. The maximum absolute atomic E-state index is 12.1. The number of sulfonamides is 1. The van der Waals surface area contributed by atoms with Crippen LogP contribution in [0.25, 0.3) is 0 Å². The van der Waals surface area contributed by atoms with Gasteiger partial charge in [0.15, 0.2) is 11.5 Å². The number of H-pyrrole nitrogens is 1. The van der Waals surface area contributed by atoms with Crippen LogP contribution in [0.3, 0.4) is 0 Å². The zero-order chi connectivity index (χ0) is 19.9. The van der Waals surface area contributed by atoms with Crippen LogP contribution in [-0.4, -0.2) is 38.2 Å². The third-order valence-electron chi connectivity index (χ3n) is 3.76. The minimum atomic E-state index is -3.55. The first kappa shape index (κ1) is 20.8. The Morgan fingerprint density at radius 2 is 1.89 bits per heavy atom. The minimum Gasteiger partial charge on any atom is -0.382 e. The molecule has 1 aromatic carbocycles. The number of aromatic nitrogens is 2. The number of azo groups is 1. The number of hydrogen-bond donors (Lipinski definition) is 3. The molecule has 0 bridgehead atoms. The van der Waals surface area contributed by atoms with E-state index in [0.29, 0.717) is 29.6 Å². The molecular formula is C17H27N7O2S. The monoisotopic (exact) mass is 393 g/mol. The van der Waals surface area contributed by atoms with Gasteiger partial charge in [0.2, 0.25) is 10.0 Å². The first-order valence-electron chi connectivity index (χ1n) is 9.03. The molecule has 4 N–H and O–H groups in total. The summed E-state index contributed by atoms with van der Waals surface area (Å²) in [7, 11) is -3.55. The number of rotatable bonds is 10. The summed E-state index contributed by atoms with van der Waals surface area (Å²) >= 11 is 0. The number of anilines is 2. The molecule has 148 valence electrons. The SMILES string of the molecule is CCCN(CCC)c1n[nH]c(N)c1N=Nc1cccc(S(=O)(=O)NCC)c1. The second-order valence-corrected chi connectivity index (χ2v) is 7.76. The number of nitrogens with one attached hydrogen (secondary N) is 2. The number of nitrogens with zero attached hydrogens (tertiary/aromatic N) is 4. The van der Waals surface area contributed by atoms with E-state index in [2.05, 4.69) is 43.9 Å². The van der Waals surface area contributed by atoms with Gasteiger partial charge in [-0.1, -0.05) is 26.8 Å². The average Bonchev–Trinajstić information content (AvgIpc) is 3.00. The average molecular weight is 394 g/mol. The van der Waals surface area contributed by atoms with Crippen molar-refractivity contribution >= 4 is 33.0 Å². The van der Waals surface area contributed by atoms with Crippen molar-refractivity contribution in [3.8, 4) is 0 Å². The van der Waals surface area contributed by atoms with Gasteiger partial charge in [0, 0.05) is 19.6 Å². The lowest BCUT2D eigenvalue weighted by Gasteiger charge is -2.21. The first-order chi connectivity index (χ1) is 12.9. The van der Waals surface area contributed by atoms with E-state index in [0.717, 1.165) is 25.9 Å². The van der Waals surface area contributed by atoms with E-state index in [1.165, 1.54) is 12.1 Å². The van der Waals surface area contributed by atoms with E-state index in [1.807, 2.05) is 0 Å². The smallest absolute Gasteiger partial charge is 0.240 e. The molecule has 1 aromatic heterocycles. The van der Waals surface area contributed by atoms with Gasteiger partial charge in [-0.15, -0.1) is 5.11 Å². The second kappa shape index (κ2) is 9.47. The third kappa shape index (κ3) is 5.27.